The minimum absolute atomic E-state index is 0.00696. The third-order valence-corrected chi connectivity index (χ3v) is 3.58. The SMILES string of the molecule is CCOC(=O)C1=C(COC(=O)/C=C/c2ccccc2Cl)NC(=O)NC1. The molecule has 0 saturated heterocycles. The van der Waals surface area contributed by atoms with Gasteiger partial charge >= 0.3 is 18.0 Å². The van der Waals surface area contributed by atoms with Crippen LogP contribution >= 0.6 is 11.6 Å². The quantitative estimate of drug-likeness (QED) is 0.595. The Labute approximate surface area is 149 Å². The third kappa shape index (κ3) is 5.36. The lowest BCUT2D eigenvalue weighted by atomic mass is 10.1. The van der Waals surface area contributed by atoms with Crippen molar-refractivity contribution in [3.63, 3.8) is 0 Å². The molecule has 2 amide bonds. The van der Waals surface area contributed by atoms with E-state index >= 15 is 0 Å². The van der Waals surface area contributed by atoms with Crippen LogP contribution in [-0.2, 0) is 19.1 Å². The maximum absolute atomic E-state index is 11.9. The maximum atomic E-state index is 11.9. The molecule has 1 aromatic rings. The number of rotatable bonds is 6. The van der Waals surface area contributed by atoms with Crippen molar-refractivity contribution in [3.8, 4) is 0 Å². The van der Waals surface area contributed by atoms with Crippen LogP contribution in [0, 0.1) is 0 Å². The fraction of sp³-hybridized carbons (Fsp3) is 0.235. The highest BCUT2D eigenvalue weighted by atomic mass is 35.5. The van der Waals surface area contributed by atoms with Crippen molar-refractivity contribution in [1.82, 2.24) is 10.6 Å². The number of hydrogen-bond acceptors (Lipinski definition) is 5. The topological polar surface area (TPSA) is 93.7 Å². The Morgan fingerprint density at radius 3 is 2.76 bits per heavy atom. The van der Waals surface area contributed by atoms with Gasteiger partial charge in [-0.1, -0.05) is 29.8 Å². The summed E-state index contributed by atoms with van der Waals surface area (Å²) in [6.45, 7) is 1.62. The second-order valence-electron chi connectivity index (χ2n) is 4.95. The number of halogens is 1. The largest absolute Gasteiger partial charge is 0.463 e. The Morgan fingerprint density at radius 2 is 2.04 bits per heavy atom. The van der Waals surface area contributed by atoms with E-state index in [-0.39, 0.29) is 31.0 Å². The molecule has 0 bridgehead atoms. The fourth-order valence-electron chi connectivity index (χ4n) is 2.03. The lowest BCUT2D eigenvalue weighted by molar-refractivity contribution is -0.140. The monoisotopic (exact) mass is 364 g/mol. The Hall–Kier alpha value is -2.80. The molecule has 1 aliphatic rings. The number of amides is 2. The third-order valence-electron chi connectivity index (χ3n) is 3.24. The Morgan fingerprint density at radius 1 is 1.28 bits per heavy atom. The number of ether oxygens (including phenoxy) is 2. The molecule has 7 nitrogen and oxygen atoms in total. The number of carbonyl (C=O) groups is 3. The number of carbonyl (C=O) groups excluding carboxylic acids is 3. The molecule has 8 heteroatoms. The summed E-state index contributed by atoms with van der Waals surface area (Å²) in [6.07, 6.45) is 2.74. The van der Waals surface area contributed by atoms with Crippen LogP contribution in [0.25, 0.3) is 6.08 Å². The highest BCUT2D eigenvalue weighted by Gasteiger charge is 2.24. The van der Waals surface area contributed by atoms with Crippen molar-refractivity contribution < 1.29 is 23.9 Å². The van der Waals surface area contributed by atoms with E-state index in [1.54, 1.807) is 31.2 Å². The normalized spacial score (nSPS) is 14.1. The van der Waals surface area contributed by atoms with E-state index < -0.39 is 18.0 Å². The minimum Gasteiger partial charge on any atom is -0.463 e. The summed E-state index contributed by atoms with van der Waals surface area (Å²) in [5.41, 5.74) is 1.08. The number of esters is 2. The van der Waals surface area contributed by atoms with Gasteiger partial charge < -0.3 is 20.1 Å². The standard InChI is InChI=1S/C17H17ClN2O5/c1-2-24-16(22)12-9-19-17(23)20-14(12)10-25-15(21)8-7-11-5-3-4-6-13(11)18/h3-8H,2,9-10H2,1H3,(H2,19,20,23)/b8-7+. The summed E-state index contributed by atoms with van der Waals surface area (Å²) >= 11 is 5.99. The summed E-state index contributed by atoms with van der Waals surface area (Å²) in [6, 6.07) is 6.54. The van der Waals surface area contributed by atoms with Gasteiger partial charge in [-0.3, -0.25) is 0 Å². The molecule has 0 aliphatic carbocycles. The van der Waals surface area contributed by atoms with Crippen molar-refractivity contribution >= 4 is 35.6 Å². The fourth-order valence-corrected chi connectivity index (χ4v) is 2.23. The van der Waals surface area contributed by atoms with Crippen molar-refractivity contribution in [2.75, 3.05) is 19.8 Å². The molecular weight excluding hydrogens is 348 g/mol. The molecule has 132 valence electrons. The van der Waals surface area contributed by atoms with E-state index in [1.807, 2.05) is 0 Å². The van der Waals surface area contributed by atoms with Gasteiger partial charge in [0, 0.05) is 11.1 Å². The first-order chi connectivity index (χ1) is 12.0. The van der Waals surface area contributed by atoms with E-state index in [0.717, 1.165) is 0 Å². The van der Waals surface area contributed by atoms with E-state index in [2.05, 4.69) is 10.6 Å². The highest BCUT2D eigenvalue weighted by molar-refractivity contribution is 6.32. The maximum Gasteiger partial charge on any atom is 0.337 e. The minimum atomic E-state index is -0.636. The molecule has 0 atom stereocenters. The molecular formula is C17H17ClN2O5. The molecule has 1 heterocycles. The molecule has 0 fully saturated rings. The van der Waals surface area contributed by atoms with Gasteiger partial charge in [-0.2, -0.15) is 0 Å². The van der Waals surface area contributed by atoms with Crippen molar-refractivity contribution in [1.29, 1.82) is 0 Å². The second kappa shape index (κ2) is 8.89. The lowest BCUT2D eigenvalue weighted by Crippen LogP contribution is -2.45. The van der Waals surface area contributed by atoms with E-state index in [4.69, 9.17) is 21.1 Å². The van der Waals surface area contributed by atoms with Crippen molar-refractivity contribution in [3.05, 3.63) is 52.2 Å². The number of benzene rings is 1. The zero-order valence-corrected chi connectivity index (χ0v) is 14.3. The Bertz CT molecular complexity index is 742. The van der Waals surface area contributed by atoms with Crippen LogP contribution in [0.2, 0.25) is 5.02 Å². The average Bonchev–Trinajstić information content (AvgIpc) is 2.59. The summed E-state index contributed by atoms with van der Waals surface area (Å²) < 4.78 is 9.99. The van der Waals surface area contributed by atoms with Crippen LogP contribution < -0.4 is 10.6 Å². The number of urea groups is 1. The van der Waals surface area contributed by atoms with Gasteiger partial charge in [-0.05, 0) is 24.6 Å². The lowest BCUT2D eigenvalue weighted by Gasteiger charge is -2.20. The van der Waals surface area contributed by atoms with E-state index in [0.29, 0.717) is 10.6 Å². The first-order valence-corrected chi connectivity index (χ1v) is 7.92. The second-order valence-corrected chi connectivity index (χ2v) is 5.36. The van der Waals surface area contributed by atoms with Gasteiger partial charge in [-0.25, -0.2) is 14.4 Å². The highest BCUT2D eigenvalue weighted by Crippen LogP contribution is 2.16. The van der Waals surface area contributed by atoms with E-state index in [1.165, 1.54) is 12.2 Å². The Balaban J connectivity index is 2.01. The van der Waals surface area contributed by atoms with Gasteiger partial charge in [0.05, 0.1) is 24.4 Å². The molecule has 2 N–H and O–H groups in total. The zero-order valence-electron chi connectivity index (χ0n) is 13.5. The average molecular weight is 365 g/mol. The van der Waals surface area contributed by atoms with Crippen LogP contribution in [0.1, 0.15) is 12.5 Å². The molecule has 2 rings (SSSR count). The number of nitrogens with one attached hydrogen (secondary N) is 2. The molecule has 0 unspecified atom stereocenters. The summed E-state index contributed by atoms with van der Waals surface area (Å²) in [4.78, 5) is 35.1. The number of hydrogen-bond donors (Lipinski definition) is 2. The van der Waals surface area contributed by atoms with Crippen molar-refractivity contribution in [2.24, 2.45) is 0 Å². The van der Waals surface area contributed by atoms with Crippen LogP contribution in [-0.4, -0.2) is 37.7 Å². The van der Waals surface area contributed by atoms with Gasteiger partial charge in [0.2, 0.25) is 0 Å². The van der Waals surface area contributed by atoms with Gasteiger partial charge in [-0.15, -0.1) is 0 Å². The van der Waals surface area contributed by atoms with Gasteiger partial charge in [0.25, 0.3) is 0 Å². The molecule has 0 spiro atoms. The van der Waals surface area contributed by atoms with Gasteiger partial charge in [0.1, 0.15) is 6.61 Å². The summed E-state index contributed by atoms with van der Waals surface area (Å²) in [7, 11) is 0. The molecule has 0 aromatic heterocycles. The predicted molar refractivity (Wildman–Crippen MR) is 91.6 cm³/mol. The van der Waals surface area contributed by atoms with Gasteiger partial charge in [0.15, 0.2) is 0 Å². The van der Waals surface area contributed by atoms with Crippen molar-refractivity contribution in [2.45, 2.75) is 6.92 Å². The molecule has 1 aromatic carbocycles. The zero-order chi connectivity index (χ0) is 18.2. The summed E-state index contributed by atoms with van der Waals surface area (Å²) in [5, 5.41) is 5.42. The van der Waals surface area contributed by atoms with Crippen LogP contribution in [0.4, 0.5) is 4.79 Å². The van der Waals surface area contributed by atoms with Crippen LogP contribution in [0.15, 0.2) is 41.6 Å². The molecule has 0 saturated carbocycles. The summed E-state index contributed by atoms with van der Waals surface area (Å²) in [5.74, 6) is -1.21. The molecule has 1 aliphatic heterocycles. The first-order valence-electron chi connectivity index (χ1n) is 7.54. The molecule has 0 radical (unpaired) electrons. The molecule has 25 heavy (non-hydrogen) atoms. The smallest absolute Gasteiger partial charge is 0.337 e. The first kappa shape index (κ1) is 18.5. The van der Waals surface area contributed by atoms with Crippen LogP contribution in [0.3, 0.4) is 0 Å². The Kier molecular flexibility index (Phi) is 6.59. The van der Waals surface area contributed by atoms with E-state index in [9.17, 15) is 14.4 Å². The van der Waals surface area contributed by atoms with Crippen LogP contribution in [0.5, 0.6) is 0 Å². The predicted octanol–water partition coefficient (Wildman–Crippen LogP) is 2.03.